The molecule has 0 saturated heterocycles. The monoisotopic (exact) mass is 324 g/mol. The van der Waals surface area contributed by atoms with Gasteiger partial charge in [0.25, 0.3) is 0 Å². The first kappa shape index (κ1) is 19.7. The fourth-order valence-electron chi connectivity index (χ4n) is 2.95. The van der Waals surface area contributed by atoms with E-state index in [9.17, 15) is 9.59 Å². The summed E-state index contributed by atoms with van der Waals surface area (Å²) in [5.74, 6) is -1.33. The maximum atomic E-state index is 12.4. The average molecular weight is 324 g/mol. The molecule has 23 heavy (non-hydrogen) atoms. The van der Waals surface area contributed by atoms with Crippen LogP contribution in [0.2, 0.25) is 0 Å². The van der Waals surface area contributed by atoms with Gasteiger partial charge in [-0.2, -0.15) is 0 Å². The molecule has 0 heterocycles. The maximum absolute atomic E-state index is 12.4. The van der Waals surface area contributed by atoms with Gasteiger partial charge >= 0.3 is 11.9 Å². The van der Waals surface area contributed by atoms with Gasteiger partial charge in [-0.15, -0.1) is 0 Å². The molecule has 0 N–H and O–H groups in total. The summed E-state index contributed by atoms with van der Waals surface area (Å²) in [6.45, 7) is 7.07. The first-order chi connectivity index (χ1) is 11.1. The molecule has 3 unspecified atom stereocenters. The molecule has 3 atom stereocenters. The van der Waals surface area contributed by atoms with E-state index < -0.39 is 11.8 Å². The predicted molar refractivity (Wildman–Crippen MR) is 90.9 cm³/mol. The molecule has 4 nitrogen and oxygen atoms in total. The standard InChI is InChI=1S/C19H32O4/c1-4-6-8-13-22-18(20)16-12-10-11-15(3)17(16)19(21)23-14-9-7-5-2/h10-11,15-17H,4-9,12-14H2,1-3H3. The average Bonchev–Trinajstić information content (AvgIpc) is 2.55. The Hall–Kier alpha value is -1.32. The number of allylic oxidation sites excluding steroid dienone is 2. The van der Waals surface area contributed by atoms with Gasteiger partial charge in [-0.1, -0.05) is 58.6 Å². The molecule has 0 spiro atoms. The summed E-state index contributed by atoms with van der Waals surface area (Å²) in [6, 6.07) is 0. The molecule has 1 aliphatic rings. The van der Waals surface area contributed by atoms with Crippen molar-refractivity contribution in [2.75, 3.05) is 13.2 Å². The van der Waals surface area contributed by atoms with Gasteiger partial charge in [0.1, 0.15) is 0 Å². The zero-order valence-electron chi connectivity index (χ0n) is 14.9. The Kier molecular flexibility index (Phi) is 9.65. The predicted octanol–water partition coefficient (Wildman–Crippen LogP) is 4.28. The number of rotatable bonds is 10. The molecule has 0 aromatic rings. The van der Waals surface area contributed by atoms with Gasteiger partial charge in [0, 0.05) is 0 Å². The molecule has 132 valence electrons. The highest BCUT2D eigenvalue weighted by atomic mass is 16.5. The molecule has 0 saturated carbocycles. The number of hydrogen-bond acceptors (Lipinski definition) is 4. The molecule has 4 heteroatoms. The summed E-state index contributed by atoms with van der Waals surface area (Å²) >= 11 is 0. The van der Waals surface area contributed by atoms with E-state index >= 15 is 0 Å². The number of ether oxygens (including phenoxy) is 2. The third-order valence-electron chi connectivity index (χ3n) is 4.39. The van der Waals surface area contributed by atoms with Crippen LogP contribution in [0.25, 0.3) is 0 Å². The lowest BCUT2D eigenvalue weighted by atomic mass is 9.76. The number of unbranched alkanes of at least 4 members (excludes halogenated alkanes) is 4. The number of carbonyl (C=O) groups is 2. The molecule has 0 fully saturated rings. The Morgan fingerprint density at radius 1 is 0.957 bits per heavy atom. The number of carbonyl (C=O) groups excluding carboxylic acids is 2. The molecular formula is C19H32O4. The van der Waals surface area contributed by atoms with Crippen LogP contribution in [-0.4, -0.2) is 25.2 Å². The van der Waals surface area contributed by atoms with Crippen LogP contribution in [0, 0.1) is 17.8 Å². The lowest BCUT2D eigenvalue weighted by molar-refractivity contribution is -0.162. The van der Waals surface area contributed by atoms with Gasteiger partial charge < -0.3 is 9.47 Å². The van der Waals surface area contributed by atoms with Crippen LogP contribution < -0.4 is 0 Å². The van der Waals surface area contributed by atoms with E-state index in [0.717, 1.165) is 38.5 Å². The van der Waals surface area contributed by atoms with Crippen molar-refractivity contribution in [2.24, 2.45) is 17.8 Å². The van der Waals surface area contributed by atoms with Crippen LogP contribution in [-0.2, 0) is 19.1 Å². The Morgan fingerprint density at radius 3 is 2.09 bits per heavy atom. The molecule has 0 aliphatic heterocycles. The van der Waals surface area contributed by atoms with Crippen molar-refractivity contribution in [3.8, 4) is 0 Å². The summed E-state index contributed by atoms with van der Waals surface area (Å²) in [6.07, 6.45) is 10.6. The smallest absolute Gasteiger partial charge is 0.310 e. The molecule has 0 aromatic carbocycles. The molecule has 0 bridgehead atoms. The molecule has 0 amide bonds. The minimum Gasteiger partial charge on any atom is -0.465 e. The number of hydrogen-bond donors (Lipinski definition) is 0. The SMILES string of the molecule is CCCCCOC(=O)C1CC=CC(C)C1C(=O)OCCCCC. The van der Waals surface area contributed by atoms with E-state index in [1.165, 1.54) is 0 Å². The van der Waals surface area contributed by atoms with E-state index in [4.69, 9.17) is 9.47 Å². The van der Waals surface area contributed by atoms with Crippen molar-refractivity contribution in [1.29, 1.82) is 0 Å². The first-order valence-corrected chi connectivity index (χ1v) is 9.11. The first-order valence-electron chi connectivity index (χ1n) is 9.11. The van der Waals surface area contributed by atoms with Crippen LogP contribution in [0.1, 0.15) is 65.7 Å². The van der Waals surface area contributed by atoms with Gasteiger partial charge in [-0.3, -0.25) is 9.59 Å². The third kappa shape index (κ3) is 6.76. The lowest BCUT2D eigenvalue weighted by Crippen LogP contribution is -2.38. The van der Waals surface area contributed by atoms with Crippen molar-refractivity contribution < 1.29 is 19.1 Å². The van der Waals surface area contributed by atoms with E-state index in [0.29, 0.717) is 19.6 Å². The summed E-state index contributed by atoms with van der Waals surface area (Å²) in [5.41, 5.74) is 0. The zero-order chi connectivity index (χ0) is 17.1. The molecular weight excluding hydrogens is 292 g/mol. The van der Waals surface area contributed by atoms with E-state index in [1.54, 1.807) is 0 Å². The normalized spacial score (nSPS) is 23.5. The second-order valence-corrected chi connectivity index (χ2v) is 6.40. The van der Waals surface area contributed by atoms with Crippen molar-refractivity contribution in [3.63, 3.8) is 0 Å². The molecule has 0 aromatic heterocycles. The van der Waals surface area contributed by atoms with Crippen LogP contribution in [0.4, 0.5) is 0 Å². The lowest BCUT2D eigenvalue weighted by Gasteiger charge is -2.30. The van der Waals surface area contributed by atoms with Crippen LogP contribution in [0.15, 0.2) is 12.2 Å². The van der Waals surface area contributed by atoms with Crippen molar-refractivity contribution >= 4 is 11.9 Å². The quantitative estimate of drug-likeness (QED) is 0.342. The fourth-order valence-corrected chi connectivity index (χ4v) is 2.95. The van der Waals surface area contributed by atoms with Gasteiger partial charge in [-0.05, 0) is 25.2 Å². The Labute approximate surface area is 140 Å². The summed E-state index contributed by atoms with van der Waals surface area (Å²) in [4.78, 5) is 24.7. The van der Waals surface area contributed by atoms with Crippen molar-refractivity contribution in [1.82, 2.24) is 0 Å². The minimum absolute atomic E-state index is 0.00983. The summed E-state index contributed by atoms with van der Waals surface area (Å²) in [5, 5.41) is 0. The van der Waals surface area contributed by atoms with Crippen LogP contribution >= 0.6 is 0 Å². The fraction of sp³-hybridized carbons (Fsp3) is 0.789. The summed E-state index contributed by atoms with van der Waals surface area (Å²) < 4.78 is 10.8. The van der Waals surface area contributed by atoms with Crippen molar-refractivity contribution in [3.05, 3.63) is 12.2 Å². The van der Waals surface area contributed by atoms with Gasteiger partial charge in [-0.25, -0.2) is 0 Å². The topological polar surface area (TPSA) is 52.6 Å². The van der Waals surface area contributed by atoms with Gasteiger partial charge in [0.2, 0.25) is 0 Å². The van der Waals surface area contributed by atoms with Crippen molar-refractivity contribution in [2.45, 2.75) is 65.7 Å². The van der Waals surface area contributed by atoms with E-state index in [2.05, 4.69) is 13.8 Å². The largest absolute Gasteiger partial charge is 0.465 e. The molecule has 1 rings (SSSR count). The molecule has 1 aliphatic carbocycles. The summed E-state index contributed by atoms with van der Waals surface area (Å²) in [7, 11) is 0. The Morgan fingerprint density at radius 2 is 1.52 bits per heavy atom. The van der Waals surface area contributed by atoms with E-state index in [1.807, 2.05) is 19.1 Å². The Bertz CT molecular complexity index is 389. The third-order valence-corrected chi connectivity index (χ3v) is 4.39. The number of esters is 2. The molecule has 0 radical (unpaired) electrons. The maximum Gasteiger partial charge on any atom is 0.310 e. The highest BCUT2D eigenvalue weighted by molar-refractivity contribution is 5.83. The van der Waals surface area contributed by atoms with Crippen LogP contribution in [0.5, 0.6) is 0 Å². The van der Waals surface area contributed by atoms with Crippen LogP contribution in [0.3, 0.4) is 0 Å². The zero-order valence-corrected chi connectivity index (χ0v) is 14.9. The van der Waals surface area contributed by atoms with E-state index in [-0.39, 0.29) is 17.9 Å². The highest BCUT2D eigenvalue weighted by Gasteiger charge is 2.40. The second kappa shape index (κ2) is 11.3. The Balaban J connectivity index is 2.55. The minimum atomic E-state index is -0.416. The van der Waals surface area contributed by atoms with Gasteiger partial charge in [0.15, 0.2) is 0 Å². The highest BCUT2D eigenvalue weighted by Crippen LogP contribution is 2.32. The second-order valence-electron chi connectivity index (χ2n) is 6.40. The van der Waals surface area contributed by atoms with Gasteiger partial charge in [0.05, 0.1) is 25.0 Å².